The van der Waals surface area contributed by atoms with Crippen LogP contribution in [0.15, 0.2) is 0 Å². The molecule has 0 aromatic heterocycles. The minimum Gasteiger partial charge on any atom is -0.395 e. The van der Waals surface area contributed by atoms with Crippen LogP contribution in [0.5, 0.6) is 0 Å². The van der Waals surface area contributed by atoms with Gasteiger partial charge in [-0.05, 0) is 19.4 Å². The number of hydrogen-bond acceptors (Lipinski definition) is 4. The van der Waals surface area contributed by atoms with Gasteiger partial charge >= 0.3 is 0 Å². The van der Waals surface area contributed by atoms with Crippen molar-refractivity contribution in [1.82, 2.24) is 9.80 Å². The smallest absolute Gasteiger partial charge is 0.135 e. The van der Waals surface area contributed by atoms with Crippen molar-refractivity contribution in [1.29, 1.82) is 0 Å². The maximum atomic E-state index is 11.5. The number of rotatable bonds is 11. The van der Waals surface area contributed by atoms with Crippen molar-refractivity contribution in [2.75, 3.05) is 45.9 Å². The van der Waals surface area contributed by atoms with Crippen LogP contribution >= 0.6 is 0 Å². The molecule has 1 fully saturated rings. The van der Waals surface area contributed by atoms with Crippen LogP contribution in [-0.4, -0.2) is 66.6 Å². The van der Waals surface area contributed by atoms with Crippen molar-refractivity contribution >= 4 is 5.78 Å². The number of nitrogens with zero attached hydrogens (tertiary/aromatic N) is 2. The van der Waals surface area contributed by atoms with Crippen molar-refractivity contribution in [3.05, 3.63) is 0 Å². The number of piperazine rings is 1. The Labute approximate surface area is 144 Å². The molecule has 23 heavy (non-hydrogen) atoms. The third-order valence-corrected chi connectivity index (χ3v) is 4.42. The second kappa shape index (κ2) is 15.1. The van der Waals surface area contributed by atoms with Crippen molar-refractivity contribution in [2.45, 2.75) is 66.2 Å². The summed E-state index contributed by atoms with van der Waals surface area (Å²) in [6, 6.07) is 0. The number of hydrogen-bond donors (Lipinski definition) is 1. The number of β-amino-alcohol motifs (C(OH)–C–C–N with tert-alkyl or cyclic N) is 1. The maximum Gasteiger partial charge on any atom is 0.135 e. The second-order valence-corrected chi connectivity index (χ2v) is 6.55. The van der Waals surface area contributed by atoms with Crippen LogP contribution in [0.4, 0.5) is 0 Å². The molecule has 0 spiro atoms. The van der Waals surface area contributed by atoms with Gasteiger partial charge in [-0.15, -0.1) is 0 Å². The Morgan fingerprint density at radius 3 is 1.87 bits per heavy atom. The molecule has 1 saturated heterocycles. The fourth-order valence-corrected chi connectivity index (χ4v) is 2.83. The van der Waals surface area contributed by atoms with E-state index in [1.807, 2.05) is 27.7 Å². The minimum absolute atomic E-state index is 0.203. The van der Waals surface area contributed by atoms with E-state index < -0.39 is 0 Å². The van der Waals surface area contributed by atoms with Crippen LogP contribution in [0.2, 0.25) is 0 Å². The summed E-state index contributed by atoms with van der Waals surface area (Å²) in [5.74, 6) is 0.616. The maximum absolute atomic E-state index is 11.5. The van der Waals surface area contributed by atoms with E-state index in [0.29, 0.717) is 5.78 Å². The lowest BCUT2D eigenvalue weighted by Gasteiger charge is -2.34. The first kappa shape index (κ1) is 22.6. The van der Waals surface area contributed by atoms with Gasteiger partial charge in [-0.3, -0.25) is 9.69 Å². The van der Waals surface area contributed by atoms with Gasteiger partial charge in [-0.1, -0.05) is 47.0 Å². The van der Waals surface area contributed by atoms with E-state index in [1.165, 1.54) is 32.2 Å². The molecule has 0 saturated carbocycles. The summed E-state index contributed by atoms with van der Waals surface area (Å²) in [5, 5.41) is 8.92. The Morgan fingerprint density at radius 1 is 0.870 bits per heavy atom. The first-order valence-corrected chi connectivity index (χ1v) is 9.71. The lowest BCUT2D eigenvalue weighted by Crippen LogP contribution is -2.47. The number of Topliss-reactive ketones (excluding diaryl/α,β-unsaturated/α-hetero) is 1. The molecule has 0 aromatic carbocycles. The summed E-state index contributed by atoms with van der Waals surface area (Å²) in [6.07, 6.45) is 6.85. The summed E-state index contributed by atoms with van der Waals surface area (Å²) in [4.78, 5) is 16.4. The van der Waals surface area contributed by atoms with E-state index in [2.05, 4.69) is 9.80 Å². The van der Waals surface area contributed by atoms with Crippen molar-refractivity contribution in [3.8, 4) is 0 Å². The van der Waals surface area contributed by atoms with Gasteiger partial charge in [0.15, 0.2) is 0 Å². The molecular weight excluding hydrogens is 288 g/mol. The number of unbranched alkanes of at least 4 members (excludes halogenated alkanes) is 4. The van der Waals surface area contributed by atoms with E-state index >= 15 is 0 Å². The van der Waals surface area contributed by atoms with E-state index in [-0.39, 0.29) is 12.5 Å². The largest absolute Gasteiger partial charge is 0.395 e. The molecule has 1 N–H and O–H groups in total. The summed E-state index contributed by atoms with van der Waals surface area (Å²) < 4.78 is 0. The van der Waals surface area contributed by atoms with Crippen molar-refractivity contribution in [2.24, 2.45) is 5.92 Å². The van der Waals surface area contributed by atoms with Gasteiger partial charge in [-0.2, -0.15) is 0 Å². The topological polar surface area (TPSA) is 43.8 Å². The lowest BCUT2D eigenvalue weighted by atomic mass is 10.0. The third kappa shape index (κ3) is 11.7. The molecule has 4 nitrogen and oxygen atoms in total. The highest BCUT2D eigenvalue weighted by Gasteiger charge is 2.15. The number of carbonyl (C=O) groups is 1. The van der Waals surface area contributed by atoms with Gasteiger partial charge in [-0.25, -0.2) is 0 Å². The highest BCUT2D eigenvalue weighted by molar-refractivity contribution is 5.80. The van der Waals surface area contributed by atoms with Crippen LogP contribution in [-0.2, 0) is 4.79 Å². The van der Waals surface area contributed by atoms with Crippen LogP contribution in [0.25, 0.3) is 0 Å². The summed E-state index contributed by atoms with van der Waals surface area (Å²) in [5.41, 5.74) is 0. The normalized spacial score (nSPS) is 16.3. The van der Waals surface area contributed by atoms with Gasteiger partial charge < -0.3 is 10.0 Å². The zero-order chi connectivity index (χ0) is 17.5. The van der Waals surface area contributed by atoms with Crippen molar-refractivity contribution < 1.29 is 9.90 Å². The lowest BCUT2D eigenvalue weighted by molar-refractivity contribution is -0.122. The fourth-order valence-electron chi connectivity index (χ4n) is 2.83. The number of carbonyl (C=O) groups excluding carboxylic acids is 1. The summed E-state index contributed by atoms with van der Waals surface area (Å²) in [7, 11) is 0. The highest BCUT2D eigenvalue weighted by atomic mass is 16.3. The van der Waals surface area contributed by atoms with E-state index in [1.54, 1.807) is 0 Å². The molecule has 1 rings (SSSR count). The van der Waals surface area contributed by atoms with Crippen LogP contribution in [0.1, 0.15) is 66.2 Å². The van der Waals surface area contributed by atoms with Gasteiger partial charge in [0.05, 0.1) is 6.61 Å². The molecule has 0 atom stereocenters. The Balaban J connectivity index is 0.00000232. The molecule has 0 unspecified atom stereocenters. The molecule has 0 aromatic rings. The molecule has 0 bridgehead atoms. The first-order chi connectivity index (χ1) is 11.1. The zero-order valence-corrected chi connectivity index (χ0v) is 16.0. The van der Waals surface area contributed by atoms with Gasteiger partial charge in [0.1, 0.15) is 5.78 Å². The Morgan fingerprint density at radius 2 is 1.35 bits per heavy atom. The van der Waals surface area contributed by atoms with E-state index in [4.69, 9.17) is 5.11 Å². The van der Waals surface area contributed by atoms with E-state index in [9.17, 15) is 4.79 Å². The Hall–Kier alpha value is -0.450. The zero-order valence-electron chi connectivity index (χ0n) is 16.0. The van der Waals surface area contributed by atoms with Gasteiger partial charge in [0.2, 0.25) is 0 Å². The molecule has 138 valence electrons. The monoisotopic (exact) mass is 328 g/mol. The standard InChI is InChI=1S/C17H34N2O2.C2H6/c1-16(2)17(21)8-6-4-3-5-7-9-18-10-12-19(13-11-18)14-15-20;1-2/h16,20H,3-15H2,1-2H3;1-2H3. The van der Waals surface area contributed by atoms with Crippen LogP contribution < -0.4 is 0 Å². The predicted octanol–water partition coefficient (Wildman–Crippen LogP) is 3.19. The third-order valence-electron chi connectivity index (χ3n) is 4.42. The summed E-state index contributed by atoms with van der Waals surface area (Å²) >= 11 is 0. The summed E-state index contributed by atoms with van der Waals surface area (Å²) in [6.45, 7) is 14.8. The molecule has 1 heterocycles. The van der Waals surface area contributed by atoms with E-state index in [0.717, 1.165) is 45.6 Å². The Bertz CT molecular complexity index is 275. The molecule has 1 aliphatic heterocycles. The average molecular weight is 329 g/mol. The molecule has 1 aliphatic rings. The first-order valence-electron chi connectivity index (χ1n) is 9.71. The molecular formula is C19H40N2O2. The molecule has 0 amide bonds. The van der Waals surface area contributed by atoms with Crippen LogP contribution in [0.3, 0.4) is 0 Å². The molecule has 4 heteroatoms. The predicted molar refractivity (Wildman–Crippen MR) is 98.9 cm³/mol. The van der Waals surface area contributed by atoms with Gasteiger partial charge in [0.25, 0.3) is 0 Å². The highest BCUT2D eigenvalue weighted by Crippen LogP contribution is 2.10. The number of aliphatic hydroxyl groups is 1. The average Bonchev–Trinajstić information content (AvgIpc) is 2.57. The minimum atomic E-state index is 0.203. The van der Waals surface area contributed by atoms with Crippen molar-refractivity contribution in [3.63, 3.8) is 0 Å². The number of aliphatic hydroxyl groups excluding tert-OH is 1. The Kier molecular flexibility index (Phi) is 14.8. The quantitative estimate of drug-likeness (QED) is 0.592. The fraction of sp³-hybridized carbons (Fsp3) is 0.947. The second-order valence-electron chi connectivity index (χ2n) is 6.55. The SMILES string of the molecule is CC.CC(C)C(=O)CCCCCCCN1CCN(CCO)CC1. The molecule has 0 radical (unpaired) electrons. The van der Waals surface area contributed by atoms with Crippen LogP contribution in [0, 0.1) is 5.92 Å². The van der Waals surface area contributed by atoms with Gasteiger partial charge in [0, 0.05) is 45.1 Å². The molecule has 0 aliphatic carbocycles. The number of ketones is 1.